The monoisotopic (exact) mass is 417 g/mol. The van der Waals surface area contributed by atoms with Gasteiger partial charge in [-0.1, -0.05) is 40.7 Å². The summed E-state index contributed by atoms with van der Waals surface area (Å²) in [6.07, 6.45) is 4.11. The van der Waals surface area contributed by atoms with Gasteiger partial charge in [-0.05, 0) is 68.1 Å². The maximum Gasteiger partial charge on any atom is 0.247 e. The van der Waals surface area contributed by atoms with Crippen LogP contribution in [0.3, 0.4) is 0 Å². The molecule has 0 radical (unpaired) electrons. The molecule has 0 saturated carbocycles. The Balaban J connectivity index is 2.33. The first-order valence-corrected chi connectivity index (χ1v) is 11.1. The zero-order valence-corrected chi connectivity index (χ0v) is 19.6. The Morgan fingerprint density at radius 3 is 2.43 bits per heavy atom. The van der Waals surface area contributed by atoms with Gasteiger partial charge in [0.25, 0.3) is 0 Å². The van der Waals surface area contributed by atoms with Crippen molar-refractivity contribution in [3.63, 3.8) is 0 Å². The highest BCUT2D eigenvalue weighted by atomic mass is 16.5. The van der Waals surface area contributed by atoms with Crippen molar-refractivity contribution < 1.29 is 19.7 Å². The number of nitrogens with one attached hydrogen (secondary N) is 1. The van der Waals surface area contributed by atoms with Crippen molar-refractivity contribution in [1.82, 2.24) is 5.32 Å². The predicted molar refractivity (Wildman–Crippen MR) is 121 cm³/mol. The van der Waals surface area contributed by atoms with Gasteiger partial charge in [-0.3, -0.25) is 4.79 Å². The standard InChI is InChI=1S/C25H39NO4/c1-15(2)20(14-27)26-24(29)18-10-8-9-17(11-18)23-21(28)12-19(25(5,6)7)13-22(23)30-16(3)4/h10,12-13,15-17,20,27-28H,8-9,11,14H2,1-7H3,(H,26,29)/t17-,20?/m0/s1. The molecule has 0 fully saturated rings. The lowest BCUT2D eigenvalue weighted by molar-refractivity contribution is -0.119. The van der Waals surface area contributed by atoms with Crippen LogP contribution in [0.2, 0.25) is 0 Å². The molecule has 2 rings (SSSR count). The minimum Gasteiger partial charge on any atom is -0.508 e. The van der Waals surface area contributed by atoms with Gasteiger partial charge in [0.2, 0.25) is 5.91 Å². The van der Waals surface area contributed by atoms with Crippen molar-refractivity contribution in [2.75, 3.05) is 6.61 Å². The largest absolute Gasteiger partial charge is 0.508 e. The molecule has 0 aliphatic heterocycles. The van der Waals surface area contributed by atoms with Gasteiger partial charge in [-0.2, -0.15) is 0 Å². The molecule has 0 spiro atoms. The molecular weight excluding hydrogens is 378 g/mol. The van der Waals surface area contributed by atoms with E-state index in [4.69, 9.17) is 4.74 Å². The Labute approximate surface area is 181 Å². The number of amides is 1. The van der Waals surface area contributed by atoms with E-state index in [0.717, 1.165) is 24.0 Å². The average Bonchev–Trinajstić information content (AvgIpc) is 2.64. The average molecular weight is 418 g/mol. The molecule has 1 aliphatic carbocycles. The van der Waals surface area contributed by atoms with Crippen LogP contribution in [-0.4, -0.2) is 34.9 Å². The second kappa shape index (κ2) is 9.86. The fraction of sp³-hybridized carbons (Fsp3) is 0.640. The third kappa shape index (κ3) is 6.00. The van der Waals surface area contributed by atoms with Crippen LogP contribution in [-0.2, 0) is 10.2 Å². The molecule has 0 heterocycles. The first-order chi connectivity index (χ1) is 13.9. The van der Waals surface area contributed by atoms with Crippen LogP contribution in [0.1, 0.15) is 84.8 Å². The van der Waals surface area contributed by atoms with Gasteiger partial charge < -0.3 is 20.3 Å². The van der Waals surface area contributed by atoms with Gasteiger partial charge in [0, 0.05) is 11.1 Å². The van der Waals surface area contributed by atoms with Gasteiger partial charge in [0.1, 0.15) is 11.5 Å². The lowest BCUT2D eigenvalue weighted by Gasteiger charge is -2.29. The molecule has 3 N–H and O–H groups in total. The maximum absolute atomic E-state index is 12.8. The van der Waals surface area contributed by atoms with E-state index in [0.29, 0.717) is 17.7 Å². The van der Waals surface area contributed by atoms with Gasteiger partial charge in [-0.15, -0.1) is 0 Å². The molecule has 0 saturated heterocycles. The predicted octanol–water partition coefficient (Wildman–Crippen LogP) is 4.80. The Morgan fingerprint density at radius 1 is 1.23 bits per heavy atom. The summed E-state index contributed by atoms with van der Waals surface area (Å²) in [4.78, 5) is 12.8. The number of rotatable bonds is 7. The van der Waals surface area contributed by atoms with E-state index in [1.807, 2.05) is 45.9 Å². The Kier molecular flexibility index (Phi) is 7.98. The number of carbonyl (C=O) groups is 1. The molecule has 1 aliphatic rings. The van der Waals surface area contributed by atoms with Crippen molar-refractivity contribution in [2.24, 2.45) is 5.92 Å². The number of aliphatic hydroxyl groups is 1. The number of hydrogen-bond acceptors (Lipinski definition) is 4. The summed E-state index contributed by atoms with van der Waals surface area (Å²) >= 11 is 0. The van der Waals surface area contributed by atoms with Crippen LogP contribution in [0.5, 0.6) is 11.5 Å². The van der Waals surface area contributed by atoms with E-state index >= 15 is 0 Å². The van der Waals surface area contributed by atoms with Gasteiger partial charge in [0.05, 0.1) is 18.8 Å². The summed E-state index contributed by atoms with van der Waals surface area (Å²) in [7, 11) is 0. The fourth-order valence-corrected chi connectivity index (χ4v) is 3.83. The SMILES string of the molecule is CC(C)Oc1cc(C(C)(C)C)cc(O)c1[C@H]1CCC=C(C(=O)NC(CO)C(C)C)C1. The van der Waals surface area contributed by atoms with Crippen LogP contribution in [0.15, 0.2) is 23.8 Å². The second-order valence-electron chi connectivity index (χ2n) is 10.0. The smallest absolute Gasteiger partial charge is 0.247 e. The second-order valence-corrected chi connectivity index (χ2v) is 10.0. The highest BCUT2D eigenvalue weighted by molar-refractivity contribution is 5.94. The molecule has 5 heteroatoms. The van der Waals surface area contributed by atoms with E-state index in [9.17, 15) is 15.0 Å². The van der Waals surface area contributed by atoms with Gasteiger partial charge in [0.15, 0.2) is 0 Å². The van der Waals surface area contributed by atoms with Gasteiger partial charge >= 0.3 is 0 Å². The van der Waals surface area contributed by atoms with E-state index in [2.05, 4.69) is 26.1 Å². The van der Waals surface area contributed by atoms with Crippen LogP contribution in [0, 0.1) is 5.92 Å². The summed E-state index contributed by atoms with van der Waals surface area (Å²) < 4.78 is 6.11. The third-order valence-corrected chi connectivity index (χ3v) is 5.74. The van der Waals surface area contributed by atoms with Crippen molar-refractivity contribution in [2.45, 2.75) is 91.2 Å². The number of aliphatic hydroxyl groups excluding tert-OH is 1. The summed E-state index contributed by atoms with van der Waals surface area (Å²) in [6, 6.07) is 3.60. The molecule has 1 aromatic carbocycles. The highest BCUT2D eigenvalue weighted by Crippen LogP contribution is 2.45. The van der Waals surface area contributed by atoms with Crippen LogP contribution >= 0.6 is 0 Å². The first kappa shape index (κ1) is 24.3. The fourth-order valence-electron chi connectivity index (χ4n) is 3.83. The van der Waals surface area contributed by atoms with E-state index < -0.39 is 0 Å². The summed E-state index contributed by atoms with van der Waals surface area (Å²) in [5.41, 5.74) is 2.41. The number of aromatic hydroxyl groups is 1. The zero-order valence-electron chi connectivity index (χ0n) is 19.6. The molecule has 5 nitrogen and oxygen atoms in total. The van der Waals surface area contributed by atoms with Crippen molar-refractivity contribution in [3.05, 3.63) is 34.9 Å². The Morgan fingerprint density at radius 2 is 1.90 bits per heavy atom. The van der Waals surface area contributed by atoms with Crippen molar-refractivity contribution in [3.8, 4) is 11.5 Å². The number of phenols is 1. The molecular formula is C25H39NO4. The molecule has 1 unspecified atom stereocenters. The van der Waals surface area contributed by atoms with E-state index in [-0.39, 0.29) is 47.7 Å². The maximum atomic E-state index is 12.8. The number of phenolic OH excluding ortho intramolecular Hbond substituents is 1. The number of carbonyl (C=O) groups excluding carboxylic acids is 1. The third-order valence-electron chi connectivity index (χ3n) is 5.74. The molecule has 1 aromatic rings. The van der Waals surface area contributed by atoms with Crippen molar-refractivity contribution >= 4 is 5.91 Å². The first-order valence-electron chi connectivity index (χ1n) is 11.1. The normalized spacial score (nSPS) is 18.3. The van der Waals surface area contributed by atoms with Crippen molar-refractivity contribution in [1.29, 1.82) is 0 Å². The number of allylic oxidation sites excluding steroid dienone is 1. The topological polar surface area (TPSA) is 78.8 Å². The van der Waals surface area contributed by atoms with E-state index in [1.54, 1.807) is 0 Å². The number of benzene rings is 1. The molecule has 1 amide bonds. The summed E-state index contributed by atoms with van der Waals surface area (Å²) in [6.45, 7) is 14.2. The number of hydrogen-bond donors (Lipinski definition) is 3. The lowest BCUT2D eigenvalue weighted by atomic mass is 9.80. The minimum atomic E-state index is -0.266. The minimum absolute atomic E-state index is 0.00476. The molecule has 2 atom stereocenters. The Hall–Kier alpha value is -2.01. The molecule has 0 aromatic heterocycles. The summed E-state index contributed by atoms with van der Waals surface area (Å²) in [5.74, 6) is 0.964. The molecule has 30 heavy (non-hydrogen) atoms. The number of ether oxygens (including phenoxy) is 1. The zero-order chi connectivity index (χ0) is 22.6. The molecule has 168 valence electrons. The van der Waals surface area contributed by atoms with E-state index in [1.165, 1.54) is 0 Å². The lowest BCUT2D eigenvalue weighted by Crippen LogP contribution is -2.42. The van der Waals surface area contributed by atoms with Gasteiger partial charge in [-0.25, -0.2) is 0 Å². The Bertz CT molecular complexity index is 774. The van der Waals surface area contributed by atoms with Crippen LogP contribution < -0.4 is 10.1 Å². The summed E-state index contributed by atoms with van der Waals surface area (Å²) in [5, 5.41) is 23.4. The molecule has 0 bridgehead atoms. The quantitative estimate of drug-likeness (QED) is 0.595. The highest BCUT2D eigenvalue weighted by Gasteiger charge is 2.29. The van der Waals surface area contributed by atoms with Crippen LogP contribution in [0.4, 0.5) is 0 Å². The van der Waals surface area contributed by atoms with Crippen LogP contribution in [0.25, 0.3) is 0 Å².